The van der Waals surface area contributed by atoms with E-state index in [0.29, 0.717) is 11.3 Å². The number of nitrogen functional groups attached to an aromatic ring is 1. The van der Waals surface area contributed by atoms with E-state index in [1.165, 1.54) is 6.07 Å². The number of amidine groups is 1. The van der Waals surface area contributed by atoms with E-state index < -0.39 is 0 Å². The normalized spacial score (nSPS) is 10.5. The number of methoxy groups -OCH3 is 1. The fourth-order valence-corrected chi connectivity index (χ4v) is 2.30. The first kappa shape index (κ1) is 14.0. The van der Waals surface area contributed by atoms with Crippen LogP contribution in [0.2, 0.25) is 0 Å². The lowest BCUT2D eigenvalue weighted by atomic mass is 10.1. The first-order valence-corrected chi connectivity index (χ1v) is 6.50. The standard InChI is InChI=1S/C12H17FN2OS/c1-16-6-3-7-17-8-9-4-2-5-10(11(9)13)12(14)15/h2,4-5H,3,6-8H2,1H3,(H3,14,15). The lowest BCUT2D eigenvalue weighted by Crippen LogP contribution is -2.14. The largest absolute Gasteiger partial charge is 0.385 e. The zero-order chi connectivity index (χ0) is 12.7. The van der Waals surface area contributed by atoms with E-state index >= 15 is 0 Å². The lowest BCUT2D eigenvalue weighted by Gasteiger charge is -2.07. The molecule has 5 heteroatoms. The summed E-state index contributed by atoms with van der Waals surface area (Å²) in [6.45, 7) is 0.725. The van der Waals surface area contributed by atoms with E-state index in [-0.39, 0.29) is 17.2 Å². The molecule has 0 aliphatic heterocycles. The molecule has 0 atom stereocenters. The number of benzene rings is 1. The van der Waals surface area contributed by atoms with Gasteiger partial charge in [0.15, 0.2) is 0 Å². The van der Waals surface area contributed by atoms with Gasteiger partial charge in [-0.15, -0.1) is 0 Å². The zero-order valence-electron chi connectivity index (χ0n) is 9.83. The summed E-state index contributed by atoms with van der Waals surface area (Å²) >= 11 is 1.65. The molecule has 0 saturated heterocycles. The molecule has 1 rings (SSSR count). The fourth-order valence-electron chi connectivity index (χ4n) is 1.39. The number of thioether (sulfide) groups is 1. The molecule has 0 aliphatic rings. The SMILES string of the molecule is COCCCSCc1cccc(C(=N)N)c1F. The quantitative estimate of drug-likeness (QED) is 0.447. The second kappa shape index (κ2) is 7.29. The Balaban J connectivity index is 2.54. The molecule has 0 unspecified atom stereocenters. The van der Waals surface area contributed by atoms with E-state index in [0.717, 1.165) is 18.8 Å². The average molecular weight is 256 g/mol. The highest BCUT2D eigenvalue weighted by molar-refractivity contribution is 7.98. The Kier molecular flexibility index (Phi) is 6.00. The zero-order valence-corrected chi connectivity index (χ0v) is 10.6. The molecule has 94 valence electrons. The van der Waals surface area contributed by atoms with Gasteiger partial charge in [-0.3, -0.25) is 5.41 Å². The van der Waals surface area contributed by atoms with E-state index in [2.05, 4.69) is 0 Å². The summed E-state index contributed by atoms with van der Waals surface area (Å²) in [5, 5.41) is 7.26. The van der Waals surface area contributed by atoms with Gasteiger partial charge in [0.2, 0.25) is 0 Å². The van der Waals surface area contributed by atoms with Gasteiger partial charge >= 0.3 is 0 Å². The molecule has 1 aromatic carbocycles. The number of hydrogen-bond donors (Lipinski definition) is 2. The monoisotopic (exact) mass is 256 g/mol. The maximum absolute atomic E-state index is 13.8. The van der Waals surface area contributed by atoms with Crippen LogP contribution in [0.25, 0.3) is 0 Å². The Hall–Kier alpha value is -1.07. The maximum Gasteiger partial charge on any atom is 0.138 e. The minimum absolute atomic E-state index is 0.181. The molecular formula is C12H17FN2OS. The number of ether oxygens (including phenoxy) is 1. The molecule has 0 aliphatic carbocycles. The first-order chi connectivity index (χ1) is 8.16. The second-order valence-corrected chi connectivity index (χ2v) is 4.70. The molecule has 1 aromatic rings. The molecule has 3 nitrogen and oxygen atoms in total. The molecule has 0 bridgehead atoms. The van der Waals surface area contributed by atoms with Gasteiger partial charge < -0.3 is 10.5 Å². The number of rotatable bonds is 7. The summed E-state index contributed by atoms with van der Waals surface area (Å²) in [4.78, 5) is 0. The van der Waals surface area contributed by atoms with Crippen molar-refractivity contribution >= 4 is 17.6 Å². The minimum atomic E-state index is -0.376. The number of hydrogen-bond acceptors (Lipinski definition) is 3. The number of nitrogens with two attached hydrogens (primary N) is 1. The topological polar surface area (TPSA) is 59.1 Å². The van der Waals surface area contributed by atoms with E-state index in [4.69, 9.17) is 15.9 Å². The molecule has 0 spiro atoms. The maximum atomic E-state index is 13.8. The van der Waals surface area contributed by atoms with Crippen LogP contribution >= 0.6 is 11.8 Å². The van der Waals surface area contributed by atoms with Crippen LogP contribution in [0.15, 0.2) is 18.2 Å². The van der Waals surface area contributed by atoms with Crippen LogP contribution in [-0.2, 0) is 10.5 Å². The Bertz CT molecular complexity index is 385. The van der Waals surface area contributed by atoms with Crippen molar-refractivity contribution in [2.45, 2.75) is 12.2 Å². The average Bonchev–Trinajstić information content (AvgIpc) is 2.30. The summed E-state index contributed by atoms with van der Waals surface area (Å²) in [5.41, 5.74) is 6.08. The van der Waals surface area contributed by atoms with Crippen molar-refractivity contribution in [2.24, 2.45) is 5.73 Å². The first-order valence-electron chi connectivity index (χ1n) is 5.35. The molecule has 0 fully saturated rings. The number of nitrogens with one attached hydrogen (secondary N) is 1. The van der Waals surface area contributed by atoms with Crippen molar-refractivity contribution in [2.75, 3.05) is 19.5 Å². The Morgan fingerprint density at radius 3 is 2.94 bits per heavy atom. The second-order valence-electron chi connectivity index (χ2n) is 3.59. The number of halogens is 1. The van der Waals surface area contributed by atoms with Crippen LogP contribution in [0.4, 0.5) is 4.39 Å². The Morgan fingerprint density at radius 1 is 1.53 bits per heavy atom. The molecule has 3 N–H and O–H groups in total. The molecule has 0 heterocycles. The fraction of sp³-hybridized carbons (Fsp3) is 0.417. The summed E-state index contributed by atoms with van der Waals surface area (Å²) < 4.78 is 18.8. The smallest absolute Gasteiger partial charge is 0.138 e. The molecule has 0 saturated carbocycles. The molecular weight excluding hydrogens is 239 g/mol. The van der Waals surface area contributed by atoms with E-state index in [9.17, 15) is 4.39 Å². The summed E-state index contributed by atoms with van der Waals surface area (Å²) in [6, 6.07) is 4.98. The van der Waals surface area contributed by atoms with Crippen LogP contribution < -0.4 is 5.73 Å². The van der Waals surface area contributed by atoms with Crippen LogP contribution in [0.1, 0.15) is 17.5 Å². The Labute approximate surface area is 105 Å². The van der Waals surface area contributed by atoms with Crippen LogP contribution in [0, 0.1) is 11.2 Å². The van der Waals surface area contributed by atoms with Gasteiger partial charge in [0.25, 0.3) is 0 Å². The Morgan fingerprint density at radius 2 is 2.29 bits per heavy atom. The highest BCUT2D eigenvalue weighted by Crippen LogP contribution is 2.19. The van der Waals surface area contributed by atoms with Gasteiger partial charge in [0.05, 0.1) is 5.56 Å². The van der Waals surface area contributed by atoms with Crippen molar-refractivity contribution in [1.82, 2.24) is 0 Å². The summed E-state index contributed by atoms with van der Waals surface area (Å²) in [5.74, 6) is 0.918. The van der Waals surface area contributed by atoms with Gasteiger partial charge in [0, 0.05) is 19.5 Å². The highest BCUT2D eigenvalue weighted by atomic mass is 32.2. The van der Waals surface area contributed by atoms with Gasteiger partial charge in [-0.25, -0.2) is 4.39 Å². The van der Waals surface area contributed by atoms with Gasteiger partial charge in [-0.1, -0.05) is 12.1 Å². The van der Waals surface area contributed by atoms with E-state index in [1.54, 1.807) is 31.0 Å². The van der Waals surface area contributed by atoms with Gasteiger partial charge in [-0.05, 0) is 23.8 Å². The summed E-state index contributed by atoms with van der Waals surface area (Å²) in [7, 11) is 1.67. The summed E-state index contributed by atoms with van der Waals surface area (Å²) in [6.07, 6.45) is 0.954. The van der Waals surface area contributed by atoms with Crippen LogP contribution in [-0.4, -0.2) is 25.3 Å². The van der Waals surface area contributed by atoms with Crippen molar-refractivity contribution < 1.29 is 9.13 Å². The van der Waals surface area contributed by atoms with Crippen molar-refractivity contribution in [3.63, 3.8) is 0 Å². The van der Waals surface area contributed by atoms with Crippen LogP contribution in [0.5, 0.6) is 0 Å². The third kappa shape index (κ3) is 4.36. The molecule has 0 radical (unpaired) electrons. The van der Waals surface area contributed by atoms with Crippen molar-refractivity contribution in [3.05, 3.63) is 35.1 Å². The van der Waals surface area contributed by atoms with Crippen molar-refractivity contribution in [3.8, 4) is 0 Å². The highest BCUT2D eigenvalue weighted by Gasteiger charge is 2.09. The predicted octanol–water partition coefficient (Wildman–Crippen LogP) is 2.38. The predicted molar refractivity (Wildman–Crippen MR) is 70.1 cm³/mol. The molecule has 0 aromatic heterocycles. The minimum Gasteiger partial charge on any atom is -0.385 e. The molecule has 0 amide bonds. The van der Waals surface area contributed by atoms with Gasteiger partial charge in [0.1, 0.15) is 11.7 Å². The third-order valence-corrected chi connectivity index (χ3v) is 3.36. The van der Waals surface area contributed by atoms with Crippen LogP contribution in [0.3, 0.4) is 0 Å². The van der Waals surface area contributed by atoms with Gasteiger partial charge in [-0.2, -0.15) is 11.8 Å². The van der Waals surface area contributed by atoms with E-state index in [1.807, 2.05) is 0 Å². The van der Waals surface area contributed by atoms with Crippen molar-refractivity contribution in [1.29, 1.82) is 5.41 Å². The molecule has 17 heavy (non-hydrogen) atoms. The lowest BCUT2D eigenvalue weighted by molar-refractivity contribution is 0.200. The third-order valence-electron chi connectivity index (χ3n) is 2.26.